The summed E-state index contributed by atoms with van der Waals surface area (Å²) in [6, 6.07) is 0. The minimum Gasteiger partial charge on any atom is -0.324 e. The van der Waals surface area contributed by atoms with Crippen LogP contribution in [0.5, 0.6) is 0 Å². The molecule has 5 nitrogen and oxygen atoms in total. The summed E-state index contributed by atoms with van der Waals surface area (Å²) in [4.78, 5) is 9.68. The van der Waals surface area contributed by atoms with E-state index in [4.69, 9.17) is 11.5 Å². The van der Waals surface area contributed by atoms with Crippen molar-refractivity contribution in [1.82, 2.24) is 0 Å². The van der Waals surface area contributed by atoms with Crippen molar-refractivity contribution in [2.24, 2.45) is 11.5 Å². The zero-order chi connectivity index (χ0) is 7.49. The molecule has 4 N–H and O–H groups in total. The molecule has 54 valence electrons. The van der Waals surface area contributed by atoms with Gasteiger partial charge >= 0.3 is 0 Å². The van der Waals surface area contributed by atoms with Gasteiger partial charge in [-0.3, -0.25) is 10.1 Å². The van der Waals surface area contributed by atoms with Gasteiger partial charge in [-0.15, -0.1) is 0 Å². The van der Waals surface area contributed by atoms with E-state index in [-0.39, 0.29) is 13.1 Å². The van der Waals surface area contributed by atoms with Crippen molar-refractivity contribution >= 4 is 0 Å². The number of hydrogen-bond acceptors (Lipinski definition) is 4. The Hall–Kier alpha value is -0.680. The van der Waals surface area contributed by atoms with E-state index in [0.29, 0.717) is 0 Å². The second kappa shape index (κ2) is 2.75. The Morgan fingerprint density at radius 1 is 1.56 bits per heavy atom. The predicted molar refractivity (Wildman–Crippen MR) is 33.5 cm³/mol. The van der Waals surface area contributed by atoms with Crippen molar-refractivity contribution in [3.8, 4) is 0 Å². The monoisotopic (exact) mass is 133 g/mol. The zero-order valence-corrected chi connectivity index (χ0v) is 5.33. The highest BCUT2D eigenvalue weighted by Crippen LogP contribution is 2.02. The van der Waals surface area contributed by atoms with Crippen molar-refractivity contribution in [2.45, 2.75) is 12.5 Å². The van der Waals surface area contributed by atoms with Gasteiger partial charge < -0.3 is 11.5 Å². The van der Waals surface area contributed by atoms with Gasteiger partial charge in [-0.05, 0) is 0 Å². The molecule has 0 aromatic heterocycles. The zero-order valence-electron chi connectivity index (χ0n) is 5.33. The van der Waals surface area contributed by atoms with E-state index in [1.165, 1.54) is 6.92 Å². The summed E-state index contributed by atoms with van der Waals surface area (Å²) in [7, 11) is 0. The second-order valence-electron chi connectivity index (χ2n) is 2.16. The molecule has 0 spiro atoms. The van der Waals surface area contributed by atoms with Crippen LogP contribution >= 0.6 is 0 Å². The van der Waals surface area contributed by atoms with Crippen LogP contribution in [-0.4, -0.2) is 23.6 Å². The fraction of sp³-hybridized carbons (Fsp3) is 1.00. The Kier molecular flexibility index (Phi) is 2.54. The molecule has 0 amide bonds. The normalized spacial score (nSPS) is 11.4. The predicted octanol–water partition coefficient (Wildman–Crippen LogP) is -1.06. The van der Waals surface area contributed by atoms with E-state index in [2.05, 4.69) is 0 Å². The molecule has 0 saturated carbocycles. The number of nitro groups is 1. The van der Waals surface area contributed by atoms with Crippen LogP contribution in [0.15, 0.2) is 0 Å². The lowest BCUT2D eigenvalue weighted by Crippen LogP contribution is -2.48. The van der Waals surface area contributed by atoms with Gasteiger partial charge in [0, 0.05) is 11.8 Å². The van der Waals surface area contributed by atoms with Crippen LogP contribution in [-0.2, 0) is 0 Å². The Morgan fingerprint density at radius 2 is 1.89 bits per heavy atom. The lowest BCUT2D eigenvalue weighted by molar-refractivity contribution is -0.558. The number of nitrogens with zero attached hydrogens (tertiary/aromatic N) is 1. The maximum Gasteiger partial charge on any atom is 0.243 e. The first kappa shape index (κ1) is 8.32. The Morgan fingerprint density at radius 3 is 1.89 bits per heavy atom. The van der Waals surface area contributed by atoms with Gasteiger partial charge in [-0.1, -0.05) is 0 Å². The van der Waals surface area contributed by atoms with Gasteiger partial charge in [0.2, 0.25) is 5.54 Å². The molecular weight excluding hydrogens is 122 g/mol. The molecule has 0 aromatic rings. The van der Waals surface area contributed by atoms with E-state index in [0.717, 1.165) is 0 Å². The standard InChI is InChI=1S/C4H11N3O2/c1-4(2-5,3-6)7(8)9/h2-3,5-6H2,1H3. The number of rotatable bonds is 3. The summed E-state index contributed by atoms with van der Waals surface area (Å²) in [5.41, 5.74) is 9.05. The molecular formula is C4H11N3O2. The first-order valence-corrected chi connectivity index (χ1v) is 2.61. The highest BCUT2D eigenvalue weighted by atomic mass is 16.6. The molecule has 0 heterocycles. The SMILES string of the molecule is CC(CN)(CN)[N+](=O)[O-]. The summed E-state index contributed by atoms with van der Waals surface area (Å²) >= 11 is 0. The van der Waals surface area contributed by atoms with Gasteiger partial charge in [0.25, 0.3) is 0 Å². The van der Waals surface area contributed by atoms with E-state index in [1.807, 2.05) is 0 Å². The van der Waals surface area contributed by atoms with Crippen LogP contribution in [0.3, 0.4) is 0 Å². The third-order valence-electron chi connectivity index (χ3n) is 1.32. The lowest BCUT2D eigenvalue weighted by atomic mass is 10.1. The molecule has 5 heteroatoms. The molecule has 0 fully saturated rings. The third-order valence-corrected chi connectivity index (χ3v) is 1.32. The molecule has 9 heavy (non-hydrogen) atoms. The first-order valence-electron chi connectivity index (χ1n) is 2.61. The first-order chi connectivity index (χ1) is 4.06. The molecule has 0 aliphatic rings. The molecule has 0 aliphatic heterocycles. The smallest absolute Gasteiger partial charge is 0.243 e. The Balaban J connectivity index is 4.09. The highest BCUT2D eigenvalue weighted by Gasteiger charge is 2.33. The van der Waals surface area contributed by atoms with Crippen molar-refractivity contribution in [3.63, 3.8) is 0 Å². The minimum atomic E-state index is -1.14. The summed E-state index contributed by atoms with van der Waals surface area (Å²) in [5.74, 6) is 0. The average molecular weight is 133 g/mol. The topological polar surface area (TPSA) is 95.2 Å². The van der Waals surface area contributed by atoms with Gasteiger partial charge in [0.05, 0.1) is 13.1 Å². The summed E-state index contributed by atoms with van der Waals surface area (Å²) in [6.07, 6.45) is 0. The lowest BCUT2D eigenvalue weighted by Gasteiger charge is -2.15. The Labute approximate surface area is 53.2 Å². The van der Waals surface area contributed by atoms with Gasteiger partial charge in [0.1, 0.15) is 0 Å². The molecule has 0 unspecified atom stereocenters. The fourth-order valence-electron chi connectivity index (χ4n) is 0.232. The fourth-order valence-corrected chi connectivity index (χ4v) is 0.232. The molecule has 0 saturated heterocycles. The van der Waals surface area contributed by atoms with Crippen LogP contribution in [0.2, 0.25) is 0 Å². The molecule has 0 bridgehead atoms. The number of nitrogens with two attached hydrogens (primary N) is 2. The quantitative estimate of drug-likeness (QED) is 0.379. The van der Waals surface area contributed by atoms with Crippen molar-refractivity contribution in [1.29, 1.82) is 0 Å². The van der Waals surface area contributed by atoms with Crippen molar-refractivity contribution < 1.29 is 4.92 Å². The third kappa shape index (κ3) is 1.62. The van der Waals surface area contributed by atoms with Crippen molar-refractivity contribution in [3.05, 3.63) is 10.1 Å². The van der Waals surface area contributed by atoms with E-state index in [9.17, 15) is 10.1 Å². The largest absolute Gasteiger partial charge is 0.324 e. The van der Waals surface area contributed by atoms with Crippen LogP contribution in [0.4, 0.5) is 0 Å². The van der Waals surface area contributed by atoms with Gasteiger partial charge in [0.15, 0.2) is 0 Å². The van der Waals surface area contributed by atoms with Crippen LogP contribution in [0.25, 0.3) is 0 Å². The van der Waals surface area contributed by atoms with E-state index in [1.54, 1.807) is 0 Å². The maximum atomic E-state index is 10.1. The minimum absolute atomic E-state index is 0.0174. The van der Waals surface area contributed by atoms with Crippen LogP contribution < -0.4 is 11.5 Å². The van der Waals surface area contributed by atoms with Crippen LogP contribution in [0, 0.1) is 10.1 Å². The van der Waals surface area contributed by atoms with Crippen LogP contribution in [0.1, 0.15) is 6.92 Å². The highest BCUT2D eigenvalue weighted by molar-refractivity contribution is 4.74. The summed E-state index contributed by atoms with van der Waals surface area (Å²) in [6.45, 7) is 1.39. The van der Waals surface area contributed by atoms with E-state index < -0.39 is 10.5 Å². The Bertz CT molecular complexity index is 110. The van der Waals surface area contributed by atoms with Gasteiger partial charge in [-0.25, -0.2) is 0 Å². The van der Waals surface area contributed by atoms with Gasteiger partial charge in [-0.2, -0.15) is 0 Å². The van der Waals surface area contributed by atoms with Crippen molar-refractivity contribution in [2.75, 3.05) is 13.1 Å². The summed E-state index contributed by atoms with van der Waals surface area (Å²) < 4.78 is 0. The second-order valence-corrected chi connectivity index (χ2v) is 2.16. The van der Waals surface area contributed by atoms with E-state index >= 15 is 0 Å². The molecule has 0 atom stereocenters. The summed E-state index contributed by atoms with van der Waals surface area (Å²) in [5, 5.41) is 10.1. The maximum absolute atomic E-state index is 10.1. The molecule has 0 radical (unpaired) electrons. The molecule has 0 aliphatic carbocycles. The molecule has 0 rings (SSSR count). The number of hydrogen-bond donors (Lipinski definition) is 2. The average Bonchev–Trinajstić information content (AvgIpc) is 1.86. The molecule has 0 aromatic carbocycles.